The van der Waals surface area contributed by atoms with E-state index in [1.807, 2.05) is 44.2 Å². The van der Waals surface area contributed by atoms with E-state index in [2.05, 4.69) is 27.1 Å². The number of carbonyl (C=O) groups excluding carboxylic acids is 1. The molecule has 3 rings (SSSR count). The third kappa shape index (κ3) is 3.67. The van der Waals surface area contributed by atoms with Gasteiger partial charge in [0.15, 0.2) is 0 Å². The Morgan fingerprint density at radius 3 is 2.39 bits per heavy atom. The van der Waals surface area contributed by atoms with E-state index in [1.165, 1.54) is 0 Å². The fourth-order valence-electron chi connectivity index (χ4n) is 2.29. The van der Waals surface area contributed by atoms with Gasteiger partial charge in [-0.2, -0.15) is 0 Å². The summed E-state index contributed by atoms with van der Waals surface area (Å²) in [4.78, 5) is 22.2. The molecule has 5 heteroatoms. The first-order valence-electron chi connectivity index (χ1n) is 7.52. The zero-order valence-corrected chi connectivity index (χ0v) is 13.2. The van der Waals surface area contributed by atoms with Crippen LogP contribution < -0.4 is 10.2 Å². The highest BCUT2D eigenvalue weighted by atomic mass is 16.2. The lowest BCUT2D eigenvalue weighted by atomic mass is 9.99. The Bertz CT molecular complexity index is 757. The van der Waals surface area contributed by atoms with Gasteiger partial charge in [0.25, 0.3) is 0 Å². The first-order chi connectivity index (χ1) is 11.0. The van der Waals surface area contributed by atoms with Crippen LogP contribution in [0.4, 0.5) is 10.7 Å². The monoisotopic (exact) mass is 306 g/mol. The summed E-state index contributed by atoms with van der Waals surface area (Å²) in [5.74, 6) is 6.48. The largest absolute Gasteiger partial charge is 0.333 e. The molecule has 0 atom stereocenters. The second-order valence-corrected chi connectivity index (χ2v) is 6.10. The molecule has 0 radical (unpaired) electrons. The van der Waals surface area contributed by atoms with Crippen molar-refractivity contribution in [2.45, 2.75) is 25.8 Å². The van der Waals surface area contributed by atoms with Gasteiger partial charge >= 0.3 is 6.03 Å². The first-order valence-corrected chi connectivity index (χ1v) is 7.52. The van der Waals surface area contributed by atoms with E-state index in [4.69, 9.17) is 0 Å². The van der Waals surface area contributed by atoms with Crippen molar-refractivity contribution in [2.24, 2.45) is 0 Å². The average molecular weight is 306 g/mol. The lowest BCUT2D eigenvalue weighted by Gasteiger charge is -2.36. The number of carbonyl (C=O) groups is 1. The zero-order chi connectivity index (χ0) is 16.3. The molecule has 1 aromatic carbocycles. The fourth-order valence-corrected chi connectivity index (χ4v) is 2.29. The van der Waals surface area contributed by atoms with E-state index in [1.54, 1.807) is 17.3 Å². The van der Waals surface area contributed by atoms with Crippen LogP contribution >= 0.6 is 0 Å². The molecule has 2 aromatic rings. The van der Waals surface area contributed by atoms with Crippen molar-refractivity contribution in [1.82, 2.24) is 15.3 Å². The molecule has 0 unspecified atom stereocenters. The lowest BCUT2D eigenvalue weighted by Crippen LogP contribution is -2.57. The first kappa shape index (κ1) is 15.0. The van der Waals surface area contributed by atoms with Gasteiger partial charge in [-0.3, -0.25) is 4.90 Å². The molecule has 1 aliphatic rings. The minimum atomic E-state index is -0.186. The summed E-state index contributed by atoms with van der Waals surface area (Å²) >= 11 is 0. The van der Waals surface area contributed by atoms with Crippen molar-refractivity contribution in [3.8, 4) is 11.8 Å². The van der Waals surface area contributed by atoms with Crippen LogP contribution in [0.25, 0.3) is 0 Å². The van der Waals surface area contributed by atoms with Crippen LogP contribution in [0.1, 0.15) is 31.4 Å². The molecule has 0 spiro atoms. The van der Waals surface area contributed by atoms with E-state index in [9.17, 15) is 4.79 Å². The van der Waals surface area contributed by atoms with E-state index in [0.29, 0.717) is 12.5 Å². The predicted octanol–water partition coefficient (Wildman–Crippen LogP) is 2.57. The van der Waals surface area contributed by atoms with Crippen molar-refractivity contribution in [3.05, 3.63) is 53.9 Å². The SMILES string of the molecule is CC1(C)CCN(c2ncc(C#Cc3ccccc3)cn2)C(=O)N1. The third-order valence-electron chi connectivity index (χ3n) is 3.66. The molecule has 1 aliphatic heterocycles. The number of amides is 2. The van der Waals surface area contributed by atoms with Gasteiger partial charge in [-0.25, -0.2) is 14.8 Å². The maximum atomic E-state index is 12.1. The summed E-state index contributed by atoms with van der Waals surface area (Å²) in [5, 5.41) is 2.94. The smallest absolute Gasteiger partial charge is 0.324 e. The quantitative estimate of drug-likeness (QED) is 0.824. The summed E-state index contributed by atoms with van der Waals surface area (Å²) in [7, 11) is 0. The molecule has 1 fully saturated rings. The van der Waals surface area contributed by atoms with Gasteiger partial charge in [-0.1, -0.05) is 30.0 Å². The molecule has 0 saturated carbocycles. The normalized spacial score (nSPS) is 16.3. The highest BCUT2D eigenvalue weighted by molar-refractivity contribution is 5.91. The van der Waals surface area contributed by atoms with E-state index < -0.39 is 0 Å². The number of nitrogens with one attached hydrogen (secondary N) is 1. The van der Waals surface area contributed by atoms with Crippen molar-refractivity contribution in [2.75, 3.05) is 11.4 Å². The van der Waals surface area contributed by atoms with Gasteiger partial charge in [-0.15, -0.1) is 0 Å². The summed E-state index contributed by atoms with van der Waals surface area (Å²) in [6, 6.07) is 9.57. The summed E-state index contributed by atoms with van der Waals surface area (Å²) < 4.78 is 0. The van der Waals surface area contributed by atoms with Gasteiger partial charge in [0.2, 0.25) is 5.95 Å². The van der Waals surface area contributed by atoms with Crippen LogP contribution in [0.2, 0.25) is 0 Å². The van der Waals surface area contributed by atoms with E-state index in [-0.39, 0.29) is 11.6 Å². The maximum absolute atomic E-state index is 12.1. The van der Waals surface area contributed by atoms with Gasteiger partial charge in [0, 0.05) is 30.0 Å². The van der Waals surface area contributed by atoms with Crippen molar-refractivity contribution in [1.29, 1.82) is 0 Å². The Morgan fingerprint density at radius 1 is 1.09 bits per heavy atom. The summed E-state index contributed by atoms with van der Waals surface area (Å²) in [5.41, 5.74) is 1.47. The van der Waals surface area contributed by atoms with Gasteiger partial charge in [0.05, 0.1) is 5.56 Å². The number of hydrogen-bond acceptors (Lipinski definition) is 3. The number of hydrogen-bond donors (Lipinski definition) is 1. The number of aromatic nitrogens is 2. The second kappa shape index (κ2) is 6.09. The minimum Gasteiger partial charge on any atom is -0.333 e. The standard InChI is InChI=1S/C18H18N4O/c1-18(2)10-11-22(17(23)21-18)16-19-12-15(13-20-16)9-8-14-6-4-3-5-7-14/h3-7,12-13H,10-11H2,1-2H3,(H,21,23). The number of anilines is 1. The molecule has 2 amide bonds. The molecular formula is C18H18N4O. The highest BCUT2D eigenvalue weighted by Gasteiger charge is 2.32. The third-order valence-corrected chi connectivity index (χ3v) is 3.66. The van der Waals surface area contributed by atoms with E-state index >= 15 is 0 Å². The summed E-state index contributed by atoms with van der Waals surface area (Å²) in [6.07, 6.45) is 4.13. The Kier molecular flexibility index (Phi) is 3.98. The van der Waals surface area contributed by atoms with Crippen LogP contribution in [0, 0.1) is 11.8 Å². The Hall–Kier alpha value is -2.87. The second-order valence-electron chi connectivity index (χ2n) is 6.10. The van der Waals surface area contributed by atoms with Gasteiger partial charge in [-0.05, 0) is 32.4 Å². The molecule has 1 N–H and O–H groups in total. The molecule has 0 aliphatic carbocycles. The van der Waals surface area contributed by atoms with Crippen molar-refractivity contribution >= 4 is 12.0 Å². The minimum absolute atomic E-state index is 0.163. The molecule has 5 nitrogen and oxygen atoms in total. The maximum Gasteiger partial charge on any atom is 0.324 e. The number of urea groups is 1. The van der Waals surface area contributed by atoms with Crippen LogP contribution in [0.5, 0.6) is 0 Å². The lowest BCUT2D eigenvalue weighted by molar-refractivity contribution is 0.224. The molecule has 23 heavy (non-hydrogen) atoms. The number of rotatable bonds is 1. The van der Waals surface area contributed by atoms with Crippen LogP contribution in [-0.2, 0) is 0 Å². The van der Waals surface area contributed by atoms with Gasteiger partial charge in [0.1, 0.15) is 0 Å². The average Bonchev–Trinajstić information content (AvgIpc) is 2.54. The molecule has 116 valence electrons. The predicted molar refractivity (Wildman–Crippen MR) is 89.0 cm³/mol. The van der Waals surface area contributed by atoms with Gasteiger partial charge < -0.3 is 5.32 Å². The van der Waals surface area contributed by atoms with E-state index in [0.717, 1.165) is 17.5 Å². The van der Waals surface area contributed by atoms with Crippen LogP contribution in [0.15, 0.2) is 42.7 Å². The highest BCUT2D eigenvalue weighted by Crippen LogP contribution is 2.19. The number of nitrogens with zero attached hydrogens (tertiary/aromatic N) is 3. The molecule has 1 aromatic heterocycles. The molecular weight excluding hydrogens is 288 g/mol. The number of benzene rings is 1. The van der Waals surface area contributed by atoms with Crippen molar-refractivity contribution < 1.29 is 4.79 Å². The fraction of sp³-hybridized carbons (Fsp3) is 0.278. The topological polar surface area (TPSA) is 58.1 Å². The Labute approximate surface area is 135 Å². The summed E-state index contributed by atoms with van der Waals surface area (Å²) in [6.45, 7) is 4.62. The Morgan fingerprint density at radius 2 is 1.74 bits per heavy atom. The Balaban J connectivity index is 1.73. The molecule has 0 bridgehead atoms. The molecule has 1 saturated heterocycles. The molecule has 2 heterocycles. The van der Waals surface area contributed by atoms with Crippen molar-refractivity contribution in [3.63, 3.8) is 0 Å². The zero-order valence-electron chi connectivity index (χ0n) is 13.2. The van der Waals surface area contributed by atoms with Crippen LogP contribution in [0.3, 0.4) is 0 Å². The van der Waals surface area contributed by atoms with Crippen LogP contribution in [-0.4, -0.2) is 28.1 Å².